The first-order valence-corrected chi connectivity index (χ1v) is 7.30. The molecule has 0 unspecified atom stereocenters. The minimum atomic E-state index is 0.502. The van der Waals surface area contributed by atoms with Gasteiger partial charge in [-0.1, -0.05) is 11.6 Å². The predicted octanol–water partition coefficient (Wildman–Crippen LogP) is 4.34. The normalized spacial score (nSPS) is 10.0. The van der Waals surface area contributed by atoms with Crippen molar-refractivity contribution in [2.75, 3.05) is 16.4 Å². The van der Waals surface area contributed by atoms with Crippen LogP contribution in [-0.4, -0.2) is 5.11 Å². The van der Waals surface area contributed by atoms with Crippen LogP contribution in [0.2, 0.25) is 5.02 Å². The predicted molar refractivity (Wildman–Crippen MR) is 94.9 cm³/mol. The molecule has 3 nitrogen and oxygen atoms in total. The number of anilines is 3. The van der Waals surface area contributed by atoms with Crippen LogP contribution in [0.3, 0.4) is 0 Å². The lowest BCUT2D eigenvalue weighted by atomic mass is 10.3. The van der Waals surface area contributed by atoms with Crippen molar-refractivity contribution in [1.29, 1.82) is 0 Å². The fraction of sp³-hybridized carbons (Fsp3) is 0. The highest BCUT2D eigenvalue weighted by molar-refractivity contribution is 14.1. The zero-order valence-electron chi connectivity index (χ0n) is 9.78. The van der Waals surface area contributed by atoms with Crippen LogP contribution < -0.4 is 16.4 Å². The summed E-state index contributed by atoms with van der Waals surface area (Å²) in [5.41, 5.74) is 8.06. The molecular formula is C13H11ClIN3S. The van der Waals surface area contributed by atoms with Gasteiger partial charge in [0.2, 0.25) is 0 Å². The molecule has 0 saturated heterocycles. The van der Waals surface area contributed by atoms with Crippen LogP contribution >= 0.6 is 46.4 Å². The molecule has 2 aromatic carbocycles. The van der Waals surface area contributed by atoms with E-state index in [1.165, 1.54) is 0 Å². The van der Waals surface area contributed by atoms with Crippen molar-refractivity contribution >= 4 is 68.6 Å². The highest BCUT2D eigenvalue weighted by Crippen LogP contribution is 2.22. The smallest absolute Gasteiger partial charge is 0.175 e. The summed E-state index contributed by atoms with van der Waals surface area (Å²) >= 11 is 13.5. The van der Waals surface area contributed by atoms with Gasteiger partial charge in [-0.3, -0.25) is 0 Å². The first-order valence-electron chi connectivity index (χ1n) is 5.43. The second-order valence-electron chi connectivity index (χ2n) is 3.83. The Balaban J connectivity index is 2.01. The molecule has 0 heterocycles. The van der Waals surface area contributed by atoms with Gasteiger partial charge in [-0.2, -0.15) is 0 Å². The maximum absolute atomic E-state index is 6.05. The second-order valence-corrected chi connectivity index (χ2v) is 5.81. The number of nitrogens with one attached hydrogen (secondary N) is 2. The Labute approximate surface area is 135 Å². The molecule has 2 aromatic rings. The lowest BCUT2D eigenvalue weighted by Crippen LogP contribution is -2.19. The summed E-state index contributed by atoms with van der Waals surface area (Å²) in [6.07, 6.45) is 0. The van der Waals surface area contributed by atoms with Gasteiger partial charge in [0.15, 0.2) is 5.11 Å². The molecule has 6 heteroatoms. The largest absolute Gasteiger partial charge is 0.399 e. The zero-order valence-corrected chi connectivity index (χ0v) is 13.5. The van der Waals surface area contributed by atoms with Gasteiger partial charge in [0.1, 0.15) is 0 Å². The van der Waals surface area contributed by atoms with Gasteiger partial charge >= 0.3 is 0 Å². The number of hydrogen-bond donors (Lipinski definition) is 3. The molecular weight excluding hydrogens is 393 g/mol. The summed E-state index contributed by atoms with van der Waals surface area (Å²) in [5.74, 6) is 0. The third-order valence-corrected chi connectivity index (χ3v) is 4.12. The van der Waals surface area contributed by atoms with Crippen molar-refractivity contribution < 1.29 is 0 Å². The molecule has 0 saturated carbocycles. The van der Waals surface area contributed by atoms with E-state index in [1.807, 2.05) is 42.5 Å². The number of benzene rings is 2. The number of hydrogen-bond acceptors (Lipinski definition) is 2. The highest BCUT2D eigenvalue weighted by atomic mass is 127. The van der Waals surface area contributed by atoms with Crippen molar-refractivity contribution in [3.8, 4) is 0 Å². The van der Waals surface area contributed by atoms with Gasteiger partial charge in [-0.15, -0.1) is 0 Å². The van der Waals surface area contributed by atoms with Crippen LogP contribution in [0.5, 0.6) is 0 Å². The topological polar surface area (TPSA) is 50.1 Å². The summed E-state index contributed by atoms with van der Waals surface area (Å²) < 4.78 is 1.00. The van der Waals surface area contributed by atoms with E-state index in [0.29, 0.717) is 15.8 Å². The number of rotatable bonds is 2. The van der Waals surface area contributed by atoms with E-state index in [0.717, 1.165) is 14.9 Å². The molecule has 98 valence electrons. The summed E-state index contributed by atoms with van der Waals surface area (Å²) in [5, 5.41) is 7.34. The van der Waals surface area contributed by atoms with Crippen LogP contribution in [0.15, 0.2) is 42.5 Å². The number of halogens is 2. The third-order valence-electron chi connectivity index (χ3n) is 2.35. The Hall–Kier alpha value is -1.05. The van der Waals surface area contributed by atoms with Gasteiger partial charge in [0.05, 0.1) is 5.02 Å². The fourth-order valence-electron chi connectivity index (χ4n) is 1.43. The van der Waals surface area contributed by atoms with Gasteiger partial charge in [-0.05, 0) is 77.3 Å². The molecule has 0 atom stereocenters. The van der Waals surface area contributed by atoms with Crippen molar-refractivity contribution in [2.24, 2.45) is 0 Å². The molecule has 19 heavy (non-hydrogen) atoms. The lowest BCUT2D eigenvalue weighted by molar-refractivity contribution is 1.57. The first-order chi connectivity index (χ1) is 9.04. The van der Waals surface area contributed by atoms with Gasteiger partial charge in [0.25, 0.3) is 0 Å². The standard InChI is InChI=1S/C13H11ClIN3S/c14-11-7-10(5-6-12(11)15)18-13(19)17-9-3-1-8(16)2-4-9/h1-7H,16H2,(H2,17,18,19). The Morgan fingerprint density at radius 2 is 1.63 bits per heavy atom. The number of thiocarbonyl (C=S) groups is 1. The van der Waals surface area contributed by atoms with E-state index in [2.05, 4.69) is 33.2 Å². The first kappa shape index (κ1) is 14.4. The van der Waals surface area contributed by atoms with E-state index in [-0.39, 0.29) is 0 Å². The SMILES string of the molecule is Nc1ccc(NC(=S)Nc2ccc(I)c(Cl)c2)cc1. The van der Waals surface area contributed by atoms with E-state index < -0.39 is 0 Å². The molecule has 0 radical (unpaired) electrons. The lowest BCUT2D eigenvalue weighted by Gasteiger charge is -2.11. The van der Waals surface area contributed by atoms with Crippen LogP contribution in [-0.2, 0) is 0 Å². The molecule has 0 fully saturated rings. The average molecular weight is 404 g/mol. The van der Waals surface area contributed by atoms with E-state index in [9.17, 15) is 0 Å². The Bertz CT molecular complexity index is 601. The fourth-order valence-corrected chi connectivity index (χ4v) is 2.19. The molecule has 0 aromatic heterocycles. The van der Waals surface area contributed by atoms with Crippen LogP contribution in [0.4, 0.5) is 17.1 Å². The van der Waals surface area contributed by atoms with Gasteiger partial charge < -0.3 is 16.4 Å². The molecule has 0 aliphatic rings. The second kappa shape index (κ2) is 6.40. The van der Waals surface area contributed by atoms with Gasteiger partial charge in [0, 0.05) is 20.6 Å². The van der Waals surface area contributed by atoms with E-state index in [4.69, 9.17) is 29.6 Å². The molecule has 0 amide bonds. The molecule has 0 aliphatic carbocycles. The minimum Gasteiger partial charge on any atom is -0.399 e. The van der Waals surface area contributed by atoms with Crippen LogP contribution in [0.25, 0.3) is 0 Å². The zero-order chi connectivity index (χ0) is 13.8. The Morgan fingerprint density at radius 1 is 1.05 bits per heavy atom. The van der Waals surface area contributed by atoms with Crippen molar-refractivity contribution in [3.05, 3.63) is 51.1 Å². The minimum absolute atomic E-state index is 0.502. The van der Waals surface area contributed by atoms with Gasteiger partial charge in [-0.25, -0.2) is 0 Å². The summed E-state index contributed by atoms with van der Waals surface area (Å²) in [6.45, 7) is 0. The van der Waals surface area contributed by atoms with Crippen molar-refractivity contribution in [3.63, 3.8) is 0 Å². The Morgan fingerprint density at radius 3 is 2.26 bits per heavy atom. The van der Waals surface area contributed by atoms with Crippen molar-refractivity contribution in [2.45, 2.75) is 0 Å². The average Bonchev–Trinajstić information content (AvgIpc) is 2.37. The molecule has 2 rings (SSSR count). The maximum Gasteiger partial charge on any atom is 0.175 e. The van der Waals surface area contributed by atoms with Crippen LogP contribution in [0, 0.1) is 3.57 Å². The highest BCUT2D eigenvalue weighted by Gasteiger charge is 2.02. The quantitative estimate of drug-likeness (QED) is 0.397. The van der Waals surface area contributed by atoms with E-state index >= 15 is 0 Å². The van der Waals surface area contributed by atoms with Crippen LogP contribution in [0.1, 0.15) is 0 Å². The van der Waals surface area contributed by atoms with Crippen molar-refractivity contribution in [1.82, 2.24) is 0 Å². The number of nitrogen functional groups attached to an aromatic ring is 1. The third kappa shape index (κ3) is 4.22. The monoisotopic (exact) mass is 403 g/mol. The number of nitrogens with two attached hydrogens (primary N) is 1. The van der Waals surface area contributed by atoms with E-state index in [1.54, 1.807) is 0 Å². The molecule has 0 bridgehead atoms. The molecule has 0 spiro atoms. The maximum atomic E-state index is 6.05. The summed E-state index contributed by atoms with van der Waals surface area (Å²) in [4.78, 5) is 0. The molecule has 4 N–H and O–H groups in total. The summed E-state index contributed by atoms with van der Waals surface area (Å²) in [7, 11) is 0. The summed E-state index contributed by atoms with van der Waals surface area (Å²) in [6, 6.07) is 13.0. The molecule has 0 aliphatic heterocycles. The Kier molecular flexibility index (Phi) is 4.84.